The molecule has 2 N–H and O–H groups in total. The van der Waals surface area contributed by atoms with Crippen molar-refractivity contribution in [2.75, 3.05) is 6.61 Å². The largest absolute Gasteiger partial charge is 0.376 e. The van der Waals surface area contributed by atoms with Gasteiger partial charge in [0, 0.05) is 24.9 Å². The third-order valence-electron chi connectivity index (χ3n) is 4.19. The molecule has 19 heavy (non-hydrogen) atoms. The molecule has 4 nitrogen and oxygen atoms in total. The highest BCUT2D eigenvalue weighted by molar-refractivity contribution is 5.12. The van der Waals surface area contributed by atoms with Gasteiger partial charge in [0.05, 0.1) is 18.3 Å². The Morgan fingerprint density at radius 3 is 2.68 bits per heavy atom. The summed E-state index contributed by atoms with van der Waals surface area (Å²) in [7, 11) is 0. The number of aromatic nitrogens is 2. The molecule has 0 amide bonds. The van der Waals surface area contributed by atoms with Gasteiger partial charge in [-0.3, -0.25) is 4.68 Å². The first-order valence-electron chi connectivity index (χ1n) is 7.65. The highest BCUT2D eigenvalue weighted by Crippen LogP contribution is 2.33. The quantitative estimate of drug-likeness (QED) is 0.860. The van der Waals surface area contributed by atoms with Gasteiger partial charge in [-0.15, -0.1) is 0 Å². The van der Waals surface area contributed by atoms with E-state index in [2.05, 4.69) is 25.1 Å². The SMILES string of the molecule is CCOC(C1CCCCC1)C(N)c1cnn(CC)c1. The number of rotatable bonds is 6. The fraction of sp³-hybridized carbons (Fsp3) is 0.800. The summed E-state index contributed by atoms with van der Waals surface area (Å²) < 4.78 is 7.91. The van der Waals surface area contributed by atoms with Crippen molar-refractivity contribution >= 4 is 0 Å². The number of hydrogen-bond acceptors (Lipinski definition) is 3. The first-order chi connectivity index (χ1) is 9.26. The van der Waals surface area contributed by atoms with Gasteiger partial charge in [0.1, 0.15) is 0 Å². The molecular weight excluding hydrogens is 238 g/mol. The summed E-state index contributed by atoms with van der Waals surface area (Å²) in [4.78, 5) is 0. The lowest BCUT2D eigenvalue weighted by Gasteiger charge is -2.33. The maximum absolute atomic E-state index is 6.45. The zero-order valence-corrected chi connectivity index (χ0v) is 12.2. The fourth-order valence-electron chi connectivity index (χ4n) is 3.10. The van der Waals surface area contributed by atoms with Gasteiger partial charge in [-0.2, -0.15) is 5.10 Å². The number of ether oxygens (including phenoxy) is 1. The minimum atomic E-state index is -0.0525. The second-order valence-electron chi connectivity index (χ2n) is 5.47. The fourth-order valence-corrected chi connectivity index (χ4v) is 3.10. The lowest BCUT2D eigenvalue weighted by atomic mass is 9.81. The van der Waals surface area contributed by atoms with Crippen LogP contribution in [0.2, 0.25) is 0 Å². The van der Waals surface area contributed by atoms with E-state index in [0.717, 1.165) is 18.7 Å². The molecule has 1 aliphatic carbocycles. The summed E-state index contributed by atoms with van der Waals surface area (Å²) in [6.45, 7) is 5.76. The lowest BCUT2D eigenvalue weighted by molar-refractivity contribution is -0.00987. The summed E-state index contributed by atoms with van der Waals surface area (Å²) in [6, 6.07) is -0.0525. The van der Waals surface area contributed by atoms with Crippen molar-refractivity contribution in [1.29, 1.82) is 0 Å². The highest BCUT2D eigenvalue weighted by Gasteiger charge is 2.30. The smallest absolute Gasteiger partial charge is 0.0796 e. The Hall–Kier alpha value is -0.870. The second kappa shape index (κ2) is 7.06. The molecule has 2 atom stereocenters. The molecule has 1 heterocycles. The van der Waals surface area contributed by atoms with Crippen molar-refractivity contribution in [2.24, 2.45) is 11.7 Å². The van der Waals surface area contributed by atoms with Crippen molar-refractivity contribution in [2.45, 2.75) is 64.6 Å². The van der Waals surface area contributed by atoms with E-state index in [-0.39, 0.29) is 12.1 Å². The van der Waals surface area contributed by atoms with Crippen molar-refractivity contribution < 1.29 is 4.74 Å². The highest BCUT2D eigenvalue weighted by atomic mass is 16.5. The average molecular weight is 265 g/mol. The Balaban J connectivity index is 2.08. The Labute approximate surface area is 116 Å². The molecule has 1 aromatic rings. The second-order valence-corrected chi connectivity index (χ2v) is 5.47. The van der Waals surface area contributed by atoms with Crippen LogP contribution in [0.1, 0.15) is 57.6 Å². The number of nitrogens with zero attached hydrogens (tertiary/aromatic N) is 2. The predicted octanol–water partition coefficient (Wildman–Crippen LogP) is 2.89. The zero-order valence-electron chi connectivity index (χ0n) is 12.2. The van der Waals surface area contributed by atoms with Gasteiger partial charge in [0.2, 0.25) is 0 Å². The van der Waals surface area contributed by atoms with Gasteiger partial charge >= 0.3 is 0 Å². The molecular formula is C15H27N3O. The summed E-state index contributed by atoms with van der Waals surface area (Å²) in [5.74, 6) is 0.605. The van der Waals surface area contributed by atoms with Crippen LogP contribution in [-0.2, 0) is 11.3 Å². The minimum Gasteiger partial charge on any atom is -0.376 e. The molecule has 1 aromatic heterocycles. The third-order valence-corrected chi connectivity index (χ3v) is 4.19. The van der Waals surface area contributed by atoms with Crippen LogP contribution in [0.3, 0.4) is 0 Å². The number of hydrogen-bond donors (Lipinski definition) is 1. The first kappa shape index (κ1) is 14.5. The standard InChI is InChI=1S/C15H27N3O/c1-3-18-11-13(10-17-18)14(16)15(19-4-2)12-8-6-5-7-9-12/h10-12,14-15H,3-9,16H2,1-2H3. The molecule has 0 aromatic carbocycles. The molecule has 108 valence electrons. The van der Waals surface area contributed by atoms with E-state index < -0.39 is 0 Å². The van der Waals surface area contributed by atoms with Gasteiger partial charge in [-0.25, -0.2) is 0 Å². The van der Waals surface area contributed by atoms with Gasteiger partial charge < -0.3 is 10.5 Å². The van der Waals surface area contributed by atoms with Crippen LogP contribution >= 0.6 is 0 Å². The summed E-state index contributed by atoms with van der Waals surface area (Å²) >= 11 is 0. The van der Waals surface area contributed by atoms with E-state index in [1.54, 1.807) is 0 Å². The van der Waals surface area contributed by atoms with Crippen LogP contribution in [-0.4, -0.2) is 22.5 Å². The predicted molar refractivity (Wildman–Crippen MR) is 76.8 cm³/mol. The molecule has 1 saturated carbocycles. The van der Waals surface area contributed by atoms with Gasteiger partial charge in [0.25, 0.3) is 0 Å². The normalized spacial score (nSPS) is 20.4. The van der Waals surface area contributed by atoms with Crippen LogP contribution < -0.4 is 5.73 Å². The summed E-state index contributed by atoms with van der Waals surface area (Å²) in [6.07, 6.45) is 10.6. The van der Waals surface area contributed by atoms with Crippen molar-refractivity contribution in [1.82, 2.24) is 9.78 Å². The molecule has 4 heteroatoms. The number of nitrogens with two attached hydrogens (primary N) is 1. The topological polar surface area (TPSA) is 53.1 Å². The van der Waals surface area contributed by atoms with E-state index >= 15 is 0 Å². The van der Waals surface area contributed by atoms with Gasteiger partial charge in [-0.05, 0) is 32.6 Å². The molecule has 0 spiro atoms. The molecule has 0 aliphatic heterocycles. The lowest BCUT2D eigenvalue weighted by Crippen LogP contribution is -2.36. The minimum absolute atomic E-state index is 0.0525. The Kier molecular flexibility index (Phi) is 5.40. The van der Waals surface area contributed by atoms with Crippen LogP contribution in [0.5, 0.6) is 0 Å². The van der Waals surface area contributed by atoms with E-state index in [9.17, 15) is 0 Å². The van der Waals surface area contributed by atoms with E-state index in [1.807, 2.05) is 10.9 Å². The monoisotopic (exact) mass is 265 g/mol. The van der Waals surface area contributed by atoms with Crippen molar-refractivity contribution in [3.8, 4) is 0 Å². The van der Waals surface area contributed by atoms with Crippen LogP contribution in [0.4, 0.5) is 0 Å². The molecule has 2 unspecified atom stereocenters. The molecule has 0 radical (unpaired) electrons. The van der Waals surface area contributed by atoms with Crippen LogP contribution in [0, 0.1) is 5.92 Å². The maximum Gasteiger partial charge on any atom is 0.0796 e. The zero-order chi connectivity index (χ0) is 13.7. The third kappa shape index (κ3) is 3.57. The van der Waals surface area contributed by atoms with Crippen molar-refractivity contribution in [3.63, 3.8) is 0 Å². The molecule has 0 saturated heterocycles. The summed E-state index contributed by atoms with van der Waals surface area (Å²) in [5, 5.41) is 4.32. The van der Waals surface area contributed by atoms with E-state index in [4.69, 9.17) is 10.5 Å². The average Bonchev–Trinajstić information content (AvgIpc) is 2.94. The Bertz CT molecular complexity index is 371. The van der Waals surface area contributed by atoms with Gasteiger partial charge in [-0.1, -0.05) is 19.3 Å². The number of aryl methyl sites for hydroxylation is 1. The Morgan fingerprint density at radius 1 is 1.37 bits per heavy atom. The van der Waals surface area contributed by atoms with E-state index in [1.165, 1.54) is 32.1 Å². The van der Waals surface area contributed by atoms with Crippen LogP contribution in [0.15, 0.2) is 12.4 Å². The first-order valence-corrected chi connectivity index (χ1v) is 7.65. The Morgan fingerprint density at radius 2 is 2.11 bits per heavy atom. The van der Waals surface area contributed by atoms with Gasteiger partial charge in [0.15, 0.2) is 0 Å². The summed E-state index contributed by atoms with van der Waals surface area (Å²) in [5.41, 5.74) is 7.55. The van der Waals surface area contributed by atoms with Crippen LogP contribution in [0.25, 0.3) is 0 Å². The molecule has 2 rings (SSSR count). The molecule has 1 aliphatic rings. The van der Waals surface area contributed by atoms with Crippen molar-refractivity contribution in [3.05, 3.63) is 18.0 Å². The van der Waals surface area contributed by atoms with E-state index in [0.29, 0.717) is 5.92 Å². The molecule has 1 fully saturated rings. The molecule has 0 bridgehead atoms. The maximum atomic E-state index is 6.45.